The van der Waals surface area contributed by atoms with Gasteiger partial charge in [0.1, 0.15) is 5.75 Å². The Morgan fingerprint density at radius 1 is 0.971 bits per heavy atom. The Kier molecular flexibility index (Phi) is 7.57. The number of amides is 3. The molecule has 1 aliphatic heterocycles. The molecule has 1 N–H and O–H groups in total. The number of hydrogen-bond donors (Lipinski definition) is 1. The third-order valence-corrected chi connectivity index (χ3v) is 6.40. The molecule has 3 aromatic carbocycles. The zero-order valence-corrected chi connectivity index (χ0v) is 20.0. The van der Waals surface area contributed by atoms with E-state index in [1.807, 2.05) is 18.2 Å². The van der Waals surface area contributed by atoms with Crippen molar-refractivity contribution < 1.29 is 19.1 Å². The molecular formula is C25H18Cl2N2O4S. The monoisotopic (exact) mass is 512 g/mol. The van der Waals surface area contributed by atoms with E-state index in [9.17, 15) is 14.4 Å². The van der Waals surface area contributed by atoms with Crippen molar-refractivity contribution >= 4 is 63.8 Å². The van der Waals surface area contributed by atoms with Gasteiger partial charge in [0, 0.05) is 10.7 Å². The van der Waals surface area contributed by atoms with Gasteiger partial charge in [-0.2, -0.15) is 0 Å². The molecule has 1 fully saturated rings. The van der Waals surface area contributed by atoms with E-state index in [4.69, 9.17) is 27.9 Å². The third-order valence-electron chi connectivity index (χ3n) is 4.83. The average Bonchev–Trinajstić information content (AvgIpc) is 3.08. The van der Waals surface area contributed by atoms with Crippen molar-refractivity contribution in [3.63, 3.8) is 0 Å². The summed E-state index contributed by atoms with van der Waals surface area (Å²) in [6.45, 7) is -0.116. The summed E-state index contributed by atoms with van der Waals surface area (Å²) in [5.41, 5.74) is 1.98. The van der Waals surface area contributed by atoms with Gasteiger partial charge in [-0.15, -0.1) is 0 Å². The van der Waals surface area contributed by atoms with Gasteiger partial charge in [0.25, 0.3) is 17.1 Å². The standard InChI is InChI=1S/C25H18Cl2N2O4S/c26-19-9-5-4-6-17(19)14-29-24(31)22(34-25(29)32)13-16-10-11-21(20(27)12-16)33-15-23(30)28-18-7-2-1-3-8-18/h1-13H,14-15H2,(H,28,30)/b22-13-. The third kappa shape index (κ3) is 5.80. The molecule has 0 spiro atoms. The highest BCUT2D eigenvalue weighted by Gasteiger charge is 2.35. The normalized spacial score (nSPS) is 14.5. The number of thioether (sulfide) groups is 1. The zero-order chi connectivity index (χ0) is 24.1. The minimum atomic E-state index is -0.399. The van der Waals surface area contributed by atoms with Crippen LogP contribution in [0.1, 0.15) is 11.1 Å². The smallest absolute Gasteiger partial charge is 0.293 e. The maximum atomic E-state index is 12.8. The van der Waals surface area contributed by atoms with Gasteiger partial charge in [-0.05, 0) is 59.3 Å². The summed E-state index contributed by atoms with van der Waals surface area (Å²) < 4.78 is 5.52. The molecule has 0 aliphatic carbocycles. The Hall–Kier alpha value is -3.26. The fourth-order valence-electron chi connectivity index (χ4n) is 3.17. The number of rotatable bonds is 7. The average molecular weight is 513 g/mol. The molecule has 1 aliphatic rings. The van der Waals surface area contributed by atoms with Crippen molar-refractivity contribution in [2.45, 2.75) is 6.54 Å². The number of imide groups is 1. The van der Waals surface area contributed by atoms with Crippen LogP contribution < -0.4 is 10.1 Å². The topological polar surface area (TPSA) is 75.7 Å². The quantitative estimate of drug-likeness (QED) is 0.378. The van der Waals surface area contributed by atoms with Crippen molar-refractivity contribution in [1.82, 2.24) is 4.90 Å². The lowest BCUT2D eigenvalue weighted by Crippen LogP contribution is -2.27. The predicted octanol–water partition coefficient (Wildman–Crippen LogP) is 6.25. The number of nitrogens with zero attached hydrogens (tertiary/aromatic N) is 1. The SMILES string of the molecule is O=C(COc1ccc(/C=C2\SC(=O)N(Cc3ccccc3Cl)C2=O)cc1Cl)Nc1ccccc1. The van der Waals surface area contributed by atoms with E-state index in [1.54, 1.807) is 60.7 Å². The summed E-state index contributed by atoms with van der Waals surface area (Å²) in [5.74, 6) is -0.392. The number of halogens is 2. The first kappa shape index (κ1) is 23.9. The lowest BCUT2D eigenvalue weighted by molar-refractivity contribution is -0.123. The number of carbonyl (C=O) groups is 3. The molecule has 172 valence electrons. The van der Waals surface area contributed by atoms with Gasteiger partial charge in [0.05, 0.1) is 16.5 Å². The van der Waals surface area contributed by atoms with E-state index in [2.05, 4.69) is 5.32 Å². The number of anilines is 1. The minimum absolute atomic E-state index is 0.0975. The van der Waals surface area contributed by atoms with Crippen LogP contribution in [0, 0.1) is 0 Å². The lowest BCUT2D eigenvalue weighted by atomic mass is 10.2. The van der Waals surface area contributed by atoms with Gasteiger partial charge in [0.2, 0.25) is 0 Å². The maximum Gasteiger partial charge on any atom is 0.293 e. The van der Waals surface area contributed by atoms with Gasteiger partial charge in [0.15, 0.2) is 6.61 Å². The van der Waals surface area contributed by atoms with E-state index in [0.717, 1.165) is 16.7 Å². The van der Waals surface area contributed by atoms with E-state index in [-0.39, 0.29) is 34.2 Å². The van der Waals surface area contributed by atoms with E-state index in [0.29, 0.717) is 27.6 Å². The highest BCUT2D eigenvalue weighted by Crippen LogP contribution is 2.35. The summed E-state index contributed by atoms with van der Waals surface area (Å²) in [7, 11) is 0. The Morgan fingerprint density at radius 3 is 2.44 bits per heavy atom. The Balaban J connectivity index is 1.40. The molecule has 0 saturated carbocycles. The van der Waals surface area contributed by atoms with Gasteiger partial charge in [-0.1, -0.05) is 65.7 Å². The molecule has 1 saturated heterocycles. The number of benzene rings is 3. The molecule has 0 atom stereocenters. The van der Waals surface area contributed by atoms with Crippen LogP contribution in [-0.2, 0) is 16.1 Å². The van der Waals surface area contributed by atoms with Gasteiger partial charge in [-0.3, -0.25) is 19.3 Å². The summed E-state index contributed by atoms with van der Waals surface area (Å²) in [6, 6.07) is 21.0. The first-order valence-electron chi connectivity index (χ1n) is 10.2. The van der Waals surface area contributed by atoms with Crippen LogP contribution in [0.25, 0.3) is 6.08 Å². The fourth-order valence-corrected chi connectivity index (χ4v) is 4.45. The molecule has 4 rings (SSSR count). The molecule has 0 unspecified atom stereocenters. The highest BCUT2D eigenvalue weighted by molar-refractivity contribution is 8.18. The van der Waals surface area contributed by atoms with Crippen LogP contribution in [0.15, 0.2) is 77.7 Å². The van der Waals surface area contributed by atoms with E-state index in [1.165, 1.54) is 0 Å². The van der Waals surface area contributed by atoms with Crippen LogP contribution in [0.2, 0.25) is 10.0 Å². The van der Waals surface area contributed by atoms with Gasteiger partial charge >= 0.3 is 0 Å². The van der Waals surface area contributed by atoms with Crippen molar-refractivity contribution in [2.75, 3.05) is 11.9 Å². The number of para-hydroxylation sites is 1. The number of carbonyl (C=O) groups excluding carboxylic acids is 3. The zero-order valence-electron chi connectivity index (χ0n) is 17.7. The van der Waals surface area contributed by atoms with Crippen molar-refractivity contribution in [1.29, 1.82) is 0 Å². The first-order valence-corrected chi connectivity index (χ1v) is 11.7. The molecule has 34 heavy (non-hydrogen) atoms. The largest absolute Gasteiger partial charge is 0.482 e. The summed E-state index contributed by atoms with van der Waals surface area (Å²) in [6.07, 6.45) is 1.59. The van der Waals surface area contributed by atoms with E-state index >= 15 is 0 Å². The van der Waals surface area contributed by atoms with Crippen LogP contribution in [0.5, 0.6) is 5.75 Å². The van der Waals surface area contributed by atoms with Crippen molar-refractivity contribution in [3.8, 4) is 5.75 Å². The summed E-state index contributed by atoms with van der Waals surface area (Å²) in [5, 5.41) is 3.12. The molecule has 0 bridgehead atoms. The number of hydrogen-bond acceptors (Lipinski definition) is 5. The Labute approximate surface area is 210 Å². The lowest BCUT2D eigenvalue weighted by Gasteiger charge is -2.13. The summed E-state index contributed by atoms with van der Waals surface area (Å²) >= 11 is 13.3. The van der Waals surface area contributed by atoms with Crippen LogP contribution in [0.3, 0.4) is 0 Å². The molecular weight excluding hydrogens is 495 g/mol. The summed E-state index contributed by atoms with van der Waals surface area (Å²) in [4.78, 5) is 38.7. The molecule has 1 heterocycles. The Morgan fingerprint density at radius 2 is 1.71 bits per heavy atom. The van der Waals surface area contributed by atoms with Crippen LogP contribution in [-0.4, -0.2) is 28.6 Å². The fraction of sp³-hybridized carbons (Fsp3) is 0.0800. The highest BCUT2D eigenvalue weighted by atomic mass is 35.5. The van der Waals surface area contributed by atoms with Crippen LogP contribution >= 0.6 is 35.0 Å². The second-order valence-corrected chi connectivity index (χ2v) is 9.06. The molecule has 3 aromatic rings. The Bertz CT molecular complexity index is 1280. The van der Waals surface area contributed by atoms with E-state index < -0.39 is 5.91 Å². The maximum absolute atomic E-state index is 12.8. The van der Waals surface area contributed by atoms with Crippen molar-refractivity contribution in [2.24, 2.45) is 0 Å². The molecule has 0 radical (unpaired) electrons. The number of nitrogens with one attached hydrogen (secondary N) is 1. The van der Waals surface area contributed by atoms with Crippen LogP contribution in [0.4, 0.5) is 10.5 Å². The van der Waals surface area contributed by atoms with Gasteiger partial charge in [-0.25, -0.2) is 0 Å². The van der Waals surface area contributed by atoms with Crippen molar-refractivity contribution in [3.05, 3.63) is 98.9 Å². The van der Waals surface area contributed by atoms with Gasteiger partial charge < -0.3 is 10.1 Å². The number of ether oxygens (including phenoxy) is 1. The molecule has 6 nitrogen and oxygen atoms in total. The minimum Gasteiger partial charge on any atom is -0.482 e. The second-order valence-electron chi connectivity index (χ2n) is 7.25. The first-order chi connectivity index (χ1) is 16.4. The predicted molar refractivity (Wildman–Crippen MR) is 135 cm³/mol. The molecule has 9 heteroatoms. The molecule has 0 aromatic heterocycles. The molecule has 3 amide bonds. The second kappa shape index (κ2) is 10.8.